The molecule has 2 heteroatoms. The van der Waals surface area contributed by atoms with Crippen LogP contribution in [0.15, 0.2) is 0 Å². The summed E-state index contributed by atoms with van der Waals surface area (Å²) in [4.78, 5) is 23.4. The van der Waals surface area contributed by atoms with Gasteiger partial charge in [-0.1, -0.05) is 20.8 Å². The molecule has 1 unspecified atom stereocenters. The zero-order chi connectivity index (χ0) is 12.3. The van der Waals surface area contributed by atoms with E-state index < -0.39 is 0 Å². The first-order chi connectivity index (χ1) is 7.36. The molecule has 1 aliphatic carbocycles. The molecule has 0 aromatic carbocycles. The number of Topliss-reactive ketones (excluding diaryl/α,β-unsaturated/α-hetero) is 2. The van der Waals surface area contributed by atoms with Crippen LogP contribution in [0.2, 0.25) is 0 Å². The minimum atomic E-state index is -0.267. The van der Waals surface area contributed by atoms with E-state index in [0.717, 1.165) is 19.3 Å². The minimum Gasteiger partial charge on any atom is -0.300 e. The lowest BCUT2D eigenvalue weighted by molar-refractivity contribution is -0.131. The number of rotatable bonds is 3. The lowest BCUT2D eigenvalue weighted by Gasteiger charge is -2.33. The molecule has 16 heavy (non-hydrogen) atoms. The van der Waals surface area contributed by atoms with Crippen molar-refractivity contribution in [2.45, 2.75) is 59.8 Å². The van der Waals surface area contributed by atoms with E-state index in [1.807, 2.05) is 0 Å². The Morgan fingerprint density at radius 1 is 1.50 bits per heavy atom. The van der Waals surface area contributed by atoms with E-state index in [0.29, 0.717) is 24.5 Å². The molecule has 1 saturated carbocycles. The molecule has 0 radical (unpaired) electrons. The van der Waals surface area contributed by atoms with E-state index in [-0.39, 0.29) is 17.1 Å². The third-order valence-electron chi connectivity index (χ3n) is 4.34. The zero-order valence-electron chi connectivity index (χ0n) is 11.0. The molecule has 3 atom stereocenters. The molecule has 0 spiro atoms. The highest BCUT2D eigenvalue weighted by molar-refractivity contribution is 5.86. The fraction of sp³-hybridized carbons (Fsp3) is 0.857. The summed E-state index contributed by atoms with van der Waals surface area (Å²) in [6, 6.07) is 0. The van der Waals surface area contributed by atoms with Crippen molar-refractivity contribution >= 4 is 11.6 Å². The Kier molecular flexibility index (Phi) is 4.28. The van der Waals surface area contributed by atoms with Crippen molar-refractivity contribution in [2.24, 2.45) is 17.3 Å². The highest BCUT2D eigenvalue weighted by Gasteiger charge is 2.40. The maximum absolute atomic E-state index is 12.2. The third-order valence-corrected chi connectivity index (χ3v) is 4.34. The topological polar surface area (TPSA) is 34.1 Å². The Balaban J connectivity index is 2.79. The summed E-state index contributed by atoms with van der Waals surface area (Å²) >= 11 is 0. The number of ketones is 2. The number of carbonyl (C=O) groups is 2. The van der Waals surface area contributed by atoms with Gasteiger partial charge < -0.3 is 4.79 Å². The first kappa shape index (κ1) is 13.4. The van der Waals surface area contributed by atoms with Gasteiger partial charge >= 0.3 is 0 Å². The van der Waals surface area contributed by atoms with Gasteiger partial charge in [-0.25, -0.2) is 0 Å². The summed E-state index contributed by atoms with van der Waals surface area (Å²) in [5.41, 5.74) is -0.267. The molecule has 0 saturated heterocycles. The first-order valence-corrected chi connectivity index (χ1v) is 6.39. The van der Waals surface area contributed by atoms with Crippen molar-refractivity contribution in [3.63, 3.8) is 0 Å². The van der Waals surface area contributed by atoms with Crippen LogP contribution in [-0.4, -0.2) is 11.6 Å². The van der Waals surface area contributed by atoms with Crippen molar-refractivity contribution in [2.75, 3.05) is 0 Å². The van der Waals surface area contributed by atoms with Crippen LogP contribution in [0.4, 0.5) is 0 Å². The van der Waals surface area contributed by atoms with Crippen LogP contribution in [0, 0.1) is 17.3 Å². The molecule has 0 aromatic heterocycles. The van der Waals surface area contributed by atoms with Crippen LogP contribution in [0.3, 0.4) is 0 Å². The van der Waals surface area contributed by atoms with Gasteiger partial charge in [-0.2, -0.15) is 0 Å². The molecule has 0 aromatic rings. The molecule has 0 bridgehead atoms. The molecule has 0 amide bonds. The Labute approximate surface area is 98.8 Å². The fourth-order valence-corrected chi connectivity index (χ4v) is 2.67. The Morgan fingerprint density at radius 2 is 2.12 bits per heavy atom. The first-order valence-electron chi connectivity index (χ1n) is 6.39. The van der Waals surface area contributed by atoms with Crippen LogP contribution in [-0.2, 0) is 9.59 Å². The van der Waals surface area contributed by atoms with Crippen LogP contribution >= 0.6 is 0 Å². The quantitative estimate of drug-likeness (QED) is 0.689. The fourth-order valence-electron chi connectivity index (χ4n) is 2.67. The maximum atomic E-state index is 12.2. The summed E-state index contributed by atoms with van der Waals surface area (Å²) < 4.78 is 0. The highest BCUT2D eigenvalue weighted by Crippen LogP contribution is 2.41. The van der Waals surface area contributed by atoms with Gasteiger partial charge in [-0.3, -0.25) is 4.79 Å². The second-order valence-corrected chi connectivity index (χ2v) is 5.83. The molecule has 1 rings (SSSR count). The molecule has 0 heterocycles. The van der Waals surface area contributed by atoms with E-state index >= 15 is 0 Å². The lowest BCUT2D eigenvalue weighted by Crippen LogP contribution is -2.34. The summed E-state index contributed by atoms with van der Waals surface area (Å²) in [6.45, 7) is 7.94. The highest BCUT2D eigenvalue weighted by atomic mass is 16.1. The third kappa shape index (κ3) is 2.93. The van der Waals surface area contributed by atoms with E-state index in [9.17, 15) is 9.59 Å². The molecular formula is C14H24O2. The second kappa shape index (κ2) is 5.11. The molecular weight excluding hydrogens is 200 g/mol. The average Bonchev–Trinajstić information content (AvgIpc) is 2.32. The van der Waals surface area contributed by atoms with Gasteiger partial charge in [0.2, 0.25) is 0 Å². The zero-order valence-corrected chi connectivity index (χ0v) is 11.0. The van der Waals surface area contributed by atoms with Gasteiger partial charge in [0.15, 0.2) is 0 Å². The van der Waals surface area contributed by atoms with Crippen LogP contribution in [0.1, 0.15) is 59.8 Å². The standard InChI is InChI=1S/C14H24O2/c1-10-5-6-13(16)14(4,8-7-10)11(2)9-12(3)15/h10-11H,5-9H2,1-4H3/t10?,11-,14+/m1/s1. The molecule has 0 aliphatic heterocycles. The Morgan fingerprint density at radius 3 is 2.69 bits per heavy atom. The van der Waals surface area contributed by atoms with Crippen LogP contribution in [0.5, 0.6) is 0 Å². The predicted octanol–water partition coefficient (Wildman–Crippen LogP) is 3.39. The van der Waals surface area contributed by atoms with E-state index in [1.165, 1.54) is 0 Å². The molecule has 1 fully saturated rings. The molecule has 0 N–H and O–H groups in total. The van der Waals surface area contributed by atoms with Gasteiger partial charge in [-0.15, -0.1) is 0 Å². The summed E-state index contributed by atoms with van der Waals surface area (Å²) in [6.07, 6.45) is 4.31. The monoisotopic (exact) mass is 224 g/mol. The van der Waals surface area contributed by atoms with Gasteiger partial charge in [0.1, 0.15) is 11.6 Å². The number of hydrogen-bond donors (Lipinski definition) is 0. The Bertz CT molecular complexity index is 282. The second-order valence-electron chi connectivity index (χ2n) is 5.83. The minimum absolute atomic E-state index is 0.183. The largest absolute Gasteiger partial charge is 0.300 e. The molecule has 2 nitrogen and oxygen atoms in total. The van der Waals surface area contributed by atoms with E-state index in [2.05, 4.69) is 20.8 Å². The smallest absolute Gasteiger partial charge is 0.139 e. The van der Waals surface area contributed by atoms with Gasteiger partial charge in [0.25, 0.3) is 0 Å². The lowest BCUT2D eigenvalue weighted by atomic mass is 9.70. The van der Waals surface area contributed by atoms with Crippen molar-refractivity contribution in [3.05, 3.63) is 0 Å². The average molecular weight is 224 g/mol. The predicted molar refractivity (Wildman–Crippen MR) is 65.2 cm³/mol. The Hall–Kier alpha value is -0.660. The SMILES string of the molecule is CC(=O)C[C@@H](C)[C@]1(C)CCC(C)CCC1=O. The van der Waals surface area contributed by atoms with Crippen molar-refractivity contribution in [3.8, 4) is 0 Å². The van der Waals surface area contributed by atoms with Crippen LogP contribution in [0.25, 0.3) is 0 Å². The van der Waals surface area contributed by atoms with Crippen molar-refractivity contribution in [1.82, 2.24) is 0 Å². The van der Waals surface area contributed by atoms with Gasteiger partial charge in [0, 0.05) is 18.3 Å². The van der Waals surface area contributed by atoms with E-state index in [4.69, 9.17) is 0 Å². The van der Waals surface area contributed by atoms with Crippen molar-refractivity contribution in [1.29, 1.82) is 0 Å². The number of hydrogen-bond acceptors (Lipinski definition) is 2. The molecule has 1 aliphatic rings. The summed E-state index contributed by atoms with van der Waals surface area (Å²) in [7, 11) is 0. The van der Waals surface area contributed by atoms with Gasteiger partial charge in [0.05, 0.1) is 0 Å². The molecule has 92 valence electrons. The summed E-state index contributed by atoms with van der Waals surface area (Å²) in [5.74, 6) is 1.39. The normalized spacial score (nSPS) is 33.2. The summed E-state index contributed by atoms with van der Waals surface area (Å²) in [5, 5.41) is 0. The van der Waals surface area contributed by atoms with Crippen LogP contribution < -0.4 is 0 Å². The van der Waals surface area contributed by atoms with E-state index in [1.54, 1.807) is 6.92 Å². The number of carbonyl (C=O) groups excluding carboxylic acids is 2. The maximum Gasteiger partial charge on any atom is 0.139 e. The van der Waals surface area contributed by atoms with Gasteiger partial charge in [-0.05, 0) is 38.0 Å². The van der Waals surface area contributed by atoms with Crippen molar-refractivity contribution < 1.29 is 9.59 Å².